The minimum atomic E-state index is -3.24. The first kappa shape index (κ1) is 15.7. The van der Waals surface area contributed by atoms with Crippen LogP contribution in [0.3, 0.4) is 0 Å². The van der Waals surface area contributed by atoms with Crippen molar-refractivity contribution in [2.45, 2.75) is 18.9 Å². The van der Waals surface area contributed by atoms with Gasteiger partial charge in [-0.05, 0) is 31.0 Å². The predicted molar refractivity (Wildman–Crippen MR) is 77.7 cm³/mol. The second-order valence-electron chi connectivity index (χ2n) is 5.19. The molecule has 1 aromatic carbocycles. The van der Waals surface area contributed by atoms with Crippen LogP contribution in [0, 0.1) is 5.82 Å². The lowest BCUT2D eigenvalue weighted by atomic mass is 10.0. The minimum Gasteiger partial charge on any atom is -0.396 e. The number of anilines is 1. The molecular formula is C13H18FN3O3S. The van der Waals surface area contributed by atoms with Crippen LogP contribution >= 0.6 is 0 Å². The second kappa shape index (κ2) is 5.98. The Morgan fingerprint density at radius 1 is 1.38 bits per heavy atom. The fourth-order valence-corrected chi connectivity index (χ4v) is 3.19. The molecule has 1 saturated heterocycles. The number of nitrogen functional groups attached to an aromatic ring is 1. The molecule has 116 valence electrons. The Balaban J connectivity index is 1.98. The van der Waals surface area contributed by atoms with Gasteiger partial charge in [-0.15, -0.1) is 0 Å². The van der Waals surface area contributed by atoms with E-state index in [-0.39, 0.29) is 23.2 Å². The van der Waals surface area contributed by atoms with Gasteiger partial charge in [0.15, 0.2) is 0 Å². The van der Waals surface area contributed by atoms with E-state index in [0.29, 0.717) is 25.9 Å². The van der Waals surface area contributed by atoms with Gasteiger partial charge in [0.25, 0.3) is 5.91 Å². The zero-order valence-corrected chi connectivity index (χ0v) is 12.5. The Labute approximate surface area is 123 Å². The first-order valence-corrected chi connectivity index (χ1v) is 8.47. The highest BCUT2D eigenvalue weighted by atomic mass is 32.2. The van der Waals surface area contributed by atoms with Gasteiger partial charge in [-0.1, -0.05) is 0 Å². The third-order valence-corrected chi connectivity index (χ3v) is 4.17. The van der Waals surface area contributed by atoms with Crippen molar-refractivity contribution in [1.82, 2.24) is 9.62 Å². The van der Waals surface area contributed by atoms with Crippen LogP contribution in [0.5, 0.6) is 0 Å². The van der Waals surface area contributed by atoms with Crippen LogP contribution in [0.4, 0.5) is 10.1 Å². The Bertz CT molecular complexity index is 640. The number of likely N-dealkylation sites (tertiary alicyclic amines) is 1. The molecule has 0 bridgehead atoms. The molecule has 0 aliphatic carbocycles. The van der Waals surface area contributed by atoms with Crippen molar-refractivity contribution < 1.29 is 17.6 Å². The summed E-state index contributed by atoms with van der Waals surface area (Å²) in [5.41, 5.74) is 5.63. The van der Waals surface area contributed by atoms with Gasteiger partial charge in [0.1, 0.15) is 5.82 Å². The number of benzene rings is 1. The molecule has 3 N–H and O–H groups in total. The molecule has 0 aromatic heterocycles. The summed E-state index contributed by atoms with van der Waals surface area (Å²) in [6, 6.07) is 3.81. The van der Waals surface area contributed by atoms with Gasteiger partial charge < -0.3 is 10.6 Å². The summed E-state index contributed by atoms with van der Waals surface area (Å²) in [4.78, 5) is 13.8. The van der Waals surface area contributed by atoms with E-state index < -0.39 is 15.8 Å². The van der Waals surface area contributed by atoms with Crippen LogP contribution < -0.4 is 10.5 Å². The standard InChI is InChI=1S/C13H18FN3O3S/c1-21(19,20)16-10-4-6-17(7-5-10)13(18)9-2-3-12(15)11(14)8-9/h2-3,8,10,16H,4-7,15H2,1H3. The van der Waals surface area contributed by atoms with Crippen molar-refractivity contribution in [2.75, 3.05) is 25.1 Å². The molecule has 1 fully saturated rings. The molecule has 21 heavy (non-hydrogen) atoms. The number of nitrogens with one attached hydrogen (secondary N) is 1. The smallest absolute Gasteiger partial charge is 0.253 e. The number of carbonyl (C=O) groups is 1. The van der Waals surface area contributed by atoms with Crippen molar-refractivity contribution in [3.63, 3.8) is 0 Å². The van der Waals surface area contributed by atoms with Gasteiger partial charge in [0.05, 0.1) is 11.9 Å². The van der Waals surface area contributed by atoms with Gasteiger partial charge in [0, 0.05) is 24.7 Å². The summed E-state index contributed by atoms with van der Waals surface area (Å²) in [5, 5.41) is 0. The Morgan fingerprint density at radius 2 is 2.00 bits per heavy atom. The van der Waals surface area contributed by atoms with Crippen LogP contribution in [0.15, 0.2) is 18.2 Å². The van der Waals surface area contributed by atoms with E-state index >= 15 is 0 Å². The molecule has 2 rings (SSSR count). The normalized spacial score (nSPS) is 17.0. The minimum absolute atomic E-state index is 0.00242. The molecule has 1 aliphatic rings. The van der Waals surface area contributed by atoms with E-state index in [1.807, 2.05) is 0 Å². The zero-order chi connectivity index (χ0) is 15.6. The summed E-state index contributed by atoms with van der Waals surface area (Å²) in [6.07, 6.45) is 2.19. The van der Waals surface area contributed by atoms with E-state index in [4.69, 9.17) is 5.73 Å². The average molecular weight is 315 g/mol. The lowest BCUT2D eigenvalue weighted by Crippen LogP contribution is -2.46. The molecule has 8 heteroatoms. The predicted octanol–water partition coefficient (Wildman–Crippen LogP) is 0.562. The lowest BCUT2D eigenvalue weighted by molar-refractivity contribution is 0.0711. The van der Waals surface area contributed by atoms with Gasteiger partial charge in [-0.25, -0.2) is 17.5 Å². The summed E-state index contributed by atoms with van der Waals surface area (Å²) < 4.78 is 38.2. The number of piperidine rings is 1. The maximum atomic E-state index is 13.4. The van der Waals surface area contributed by atoms with Crippen molar-refractivity contribution in [3.8, 4) is 0 Å². The van der Waals surface area contributed by atoms with Crippen molar-refractivity contribution in [2.24, 2.45) is 0 Å². The van der Waals surface area contributed by atoms with Gasteiger partial charge in [-0.3, -0.25) is 4.79 Å². The average Bonchev–Trinajstić information content (AvgIpc) is 2.40. The van der Waals surface area contributed by atoms with Crippen LogP contribution in [0.2, 0.25) is 0 Å². The number of hydrogen-bond acceptors (Lipinski definition) is 4. The summed E-state index contributed by atoms with van der Waals surface area (Å²) >= 11 is 0. The van der Waals surface area contributed by atoms with E-state index in [2.05, 4.69) is 4.72 Å². The Kier molecular flexibility index (Phi) is 4.48. The summed E-state index contributed by atoms with van der Waals surface area (Å²) in [7, 11) is -3.24. The first-order chi connectivity index (χ1) is 9.76. The van der Waals surface area contributed by atoms with Crippen LogP contribution in [0.25, 0.3) is 0 Å². The summed E-state index contributed by atoms with van der Waals surface area (Å²) in [5.74, 6) is -0.888. The van der Waals surface area contributed by atoms with E-state index in [1.165, 1.54) is 12.1 Å². The lowest BCUT2D eigenvalue weighted by Gasteiger charge is -2.32. The summed E-state index contributed by atoms with van der Waals surface area (Å²) in [6.45, 7) is 0.857. The van der Waals surface area contributed by atoms with E-state index in [0.717, 1.165) is 12.3 Å². The third-order valence-electron chi connectivity index (χ3n) is 3.41. The van der Waals surface area contributed by atoms with Gasteiger partial charge >= 0.3 is 0 Å². The molecular weight excluding hydrogens is 297 g/mol. The number of carbonyl (C=O) groups excluding carboxylic acids is 1. The van der Waals surface area contributed by atoms with Gasteiger partial charge in [-0.2, -0.15) is 0 Å². The zero-order valence-electron chi connectivity index (χ0n) is 11.7. The van der Waals surface area contributed by atoms with Crippen LogP contribution in [0.1, 0.15) is 23.2 Å². The van der Waals surface area contributed by atoms with E-state index in [1.54, 1.807) is 4.90 Å². The Hall–Kier alpha value is -1.67. The SMILES string of the molecule is CS(=O)(=O)NC1CCN(C(=O)c2ccc(N)c(F)c2)CC1. The molecule has 0 saturated carbocycles. The number of amides is 1. The quantitative estimate of drug-likeness (QED) is 0.797. The maximum absolute atomic E-state index is 13.4. The molecule has 1 heterocycles. The fraction of sp³-hybridized carbons (Fsp3) is 0.462. The number of rotatable bonds is 3. The number of sulfonamides is 1. The highest BCUT2D eigenvalue weighted by Gasteiger charge is 2.25. The topological polar surface area (TPSA) is 92.5 Å². The monoisotopic (exact) mass is 315 g/mol. The first-order valence-electron chi connectivity index (χ1n) is 6.58. The molecule has 0 atom stereocenters. The molecule has 6 nitrogen and oxygen atoms in total. The van der Waals surface area contributed by atoms with Gasteiger partial charge in [0.2, 0.25) is 10.0 Å². The molecule has 0 spiro atoms. The Morgan fingerprint density at radius 3 is 2.52 bits per heavy atom. The molecule has 1 aromatic rings. The number of nitrogens with zero attached hydrogens (tertiary/aromatic N) is 1. The maximum Gasteiger partial charge on any atom is 0.253 e. The molecule has 0 radical (unpaired) electrons. The number of halogens is 1. The van der Waals surface area contributed by atoms with Crippen molar-refractivity contribution >= 4 is 21.6 Å². The fourth-order valence-electron chi connectivity index (χ4n) is 2.35. The molecule has 1 aliphatic heterocycles. The second-order valence-corrected chi connectivity index (χ2v) is 6.97. The number of nitrogens with two attached hydrogens (primary N) is 1. The van der Waals surface area contributed by atoms with Crippen molar-refractivity contribution in [3.05, 3.63) is 29.6 Å². The van der Waals surface area contributed by atoms with E-state index in [9.17, 15) is 17.6 Å². The highest BCUT2D eigenvalue weighted by molar-refractivity contribution is 7.88. The molecule has 1 amide bonds. The third kappa shape index (κ3) is 4.15. The highest BCUT2D eigenvalue weighted by Crippen LogP contribution is 2.17. The number of hydrogen-bond donors (Lipinski definition) is 2. The van der Waals surface area contributed by atoms with Crippen LogP contribution in [-0.4, -0.2) is 44.6 Å². The van der Waals surface area contributed by atoms with Crippen LogP contribution in [-0.2, 0) is 10.0 Å². The molecule has 0 unspecified atom stereocenters. The largest absolute Gasteiger partial charge is 0.396 e. The van der Waals surface area contributed by atoms with Crippen molar-refractivity contribution in [1.29, 1.82) is 0 Å².